The highest BCUT2D eigenvalue weighted by molar-refractivity contribution is 6.05. The van der Waals surface area contributed by atoms with E-state index in [-0.39, 0.29) is 18.2 Å². The van der Waals surface area contributed by atoms with Crippen molar-refractivity contribution in [3.8, 4) is 0 Å². The van der Waals surface area contributed by atoms with E-state index in [0.717, 1.165) is 30.6 Å². The van der Waals surface area contributed by atoms with Gasteiger partial charge in [0.05, 0.1) is 11.3 Å². The van der Waals surface area contributed by atoms with Crippen molar-refractivity contribution in [1.82, 2.24) is 10.6 Å². The van der Waals surface area contributed by atoms with Crippen LogP contribution in [0.1, 0.15) is 35.2 Å². The van der Waals surface area contributed by atoms with Crippen molar-refractivity contribution in [3.63, 3.8) is 0 Å². The summed E-state index contributed by atoms with van der Waals surface area (Å²) in [5.74, 6) is -1.00. The number of nitrogens with one attached hydrogen (secondary N) is 3. The largest absolute Gasteiger partial charge is 0.384 e. The maximum atomic E-state index is 12.4. The van der Waals surface area contributed by atoms with Crippen LogP contribution in [0.4, 0.5) is 5.69 Å². The second-order valence-corrected chi connectivity index (χ2v) is 5.35. The standard InChI is InChI=1S/C15H17N3O3/c19-12-7-6-11(15(21)18-12)17-14(20)10-5-1-3-9-4-2-8-16-13(9)10/h1,3,5,11,16H,2,4,6-8H2,(H,17,20)(H,18,19,21). The third-order valence-electron chi connectivity index (χ3n) is 3.86. The number of carbonyl (C=O) groups excluding carboxylic acids is 3. The first-order chi connectivity index (χ1) is 10.1. The molecule has 6 heteroatoms. The number of benzene rings is 1. The molecule has 6 nitrogen and oxygen atoms in total. The van der Waals surface area contributed by atoms with Gasteiger partial charge in [-0.3, -0.25) is 19.7 Å². The first kappa shape index (κ1) is 13.6. The summed E-state index contributed by atoms with van der Waals surface area (Å²) in [5, 5.41) is 8.20. The zero-order valence-electron chi connectivity index (χ0n) is 11.6. The third kappa shape index (κ3) is 2.74. The highest BCUT2D eigenvalue weighted by Crippen LogP contribution is 2.26. The lowest BCUT2D eigenvalue weighted by Gasteiger charge is -2.24. The van der Waals surface area contributed by atoms with E-state index >= 15 is 0 Å². The van der Waals surface area contributed by atoms with Gasteiger partial charge in [-0.15, -0.1) is 0 Å². The SMILES string of the molecule is O=C1CCC(NC(=O)c2cccc3c2NCCC3)C(=O)N1. The predicted molar refractivity (Wildman–Crippen MR) is 76.9 cm³/mol. The van der Waals surface area contributed by atoms with E-state index in [2.05, 4.69) is 16.0 Å². The fourth-order valence-electron chi connectivity index (χ4n) is 2.77. The Bertz CT molecular complexity index is 612. The van der Waals surface area contributed by atoms with Gasteiger partial charge < -0.3 is 10.6 Å². The molecular formula is C15H17N3O3. The minimum atomic E-state index is -0.644. The molecule has 1 saturated heterocycles. The van der Waals surface area contributed by atoms with Crippen LogP contribution in [0.25, 0.3) is 0 Å². The van der Waals surface area contributed by atoms with Gasteiger partial charge in [-0.1, -0.05) is 12.1 Å². The van der Waals surface area contributed by atoms with Crippen LogP contribution >= 0.6 is 0 Å². The number of hydrogen-bond acceptors (Lipinski definition) is 4. The van der Waals surface area contributed by atoms with Crippen LogP contribution in [0.2, 0.25) is 0 Å². The molecule has 2 aliphatic heterocycles. The molecular weight excluding hydrogens is 270 g/mol. The second-order valence-electron chi connectivity index (χ2n) is 5.35. The Hall–Kier alpha value is -2.37. The average molecular weight is 287 g/mol. The summed E-state index contributed by atoms with van der Waals surface area (Å²) >= 11 is 0. The Morgan fingerprint density at radius 2 is 2.10 bits per heavy atom. The molecule has 0 aromatic heterocycles. The van der Waals surface area contributed by atoms with Gasteiger partial charge in [0.25, 0.3) is 5.91 Å². The van der Waals surface area contributed by atoms with Crippen LogP contribution in [0.3, 0.4) is 0 Å². The average Bonchev–Trinajstić information content (AvgIpc) is 2.49. The number of piperidine rings is 1. The molecule has 0 aliphatic carbocycles. The fourth-order valence-corrected chi connectivity index (χ4v) is 2.77. The van der Waals surface area contributed by atoms with Crippen molar-refractivity contribution in [2.24, 2.45) is 0 Å². The van der Waals surface area contributed by atoms with E-state index in [1.165, 1.54) is 0 Å². The summed E-state index contributed by atoms with van der Waals surface area (Å²) in [6, 6.07) is 4.96. The molecule has 21 heavy (non-hydrogen) atoms. The maximum Gasteiger partial charge on any atom is 0.254 e. The maximum absolute atomic E-state index is 12.4. The smallest absolute Gasteiger partial charge is 0.254 e. The van der Waals surface area contributed by atoms with Gasteiger partial charge in [0, 0.05) is 13.0 Å². The van der Waals surface area contributed by atoms with E-state index in [9.17, 15) is 14.4 Å². The van der Waals surface area contributed by atoms with E-state index in [1.807, 2.05) is 12.1 Å². The predicted octanol–water partition coefficient (Wildman–Crippen LogP) is 0.580. The zero-order chi connectivity index (χ0) is 14.8. The Kier molecular flexibility index (Phi) is 3.60. The summed E-state index contributed by atoms with van der Waals surface area (Å²) in [7, 11) is 0. The number of imide groups is 1. The molecule has 2 aliphatic rings. The number of fused-ring (bicyclic) bond motifs is 1. The minimum Gasteiger partial charge on any atom is -0.384 e. The van der Waals surface area contributed by atoms with Crippen molar-refractivity contribution >= 4 is 23.4 Å². The van der Waals surface area contributed by atoms with E-state index in [0.29, 0.717) is 12.0 Å². The first-order valence-corrected chi connectivity index (χ1v) is 7.15. The second kappa shape index (κ2) is 5.55. The molecule has 0 bridgehead atoms. The van der Waals surface area contributed by atoms with Crippen LogP contribution in [-0.2, 0) is 16.0 Å². The number of aryl methyl sites for hydroxylation is 1. The van der Waals surface area contributed by atoms with Gasteiger partial charge in [-0.2, -0.15) is 0 Å². The lowest BCUT2D eigenvalue weighted by atomic mass is 9.98. The molecule has 0 saturated carbocycles. The van der Waals surface area contributed by atoms with Gasteiger partial charge in [-0.05, 0) is 30.9 Å². The van der Waals surface area contributed by atoms with Crippen LogP contribution in [0, 0.1) is 0 Å². The van der Waals surface area contributed by atoms with Crippen LogP contribution in [0.5, 0.6) is 0 Å². The Labute approximate surface area is 122 Å². The van der Waals surface area contributed by atoms with Gasteiger partial charge in [-0.25, -0.2) is 0 Å². The summed E-state index contributed by atoms with van der Waals surface area (Å²) in [4.78, 5) is 35.2. The van der Waals surface area contributed by atoms with Crippen molar-refractivity contribution in [1.29, 1.82) is 0 Å². The van der Waals surface area contributed by atoms with E-state index in [4.69, 9.17) is 0 Å². The third-order valence-corrected chi connectivity index (χ3v) is 3.86. The zero-order valence-corrected chi connectivity index (χ0v) is 11.6. The van der Waals surface area contributed by atoms with Crippen LogP contribution < -0.4 is 16.0 Å². The monoisotopic (exact) mass is 287 g/mol. The Morgan fingerprint density at radius 3 is 2.90 bits per heavy atom. The molecule has 2 heterocycles. The minimum absolute atomic E-state index is 0.252. The molecule has 1 atom stereocenters. The summed E-state index contributed by atoms with van der Waals surface area (Å²) < 4.78 is 0. The molecule has 3 amide bonds. The molecule has 1 aromatic rings. The van der Waals surface area contributed by atoms with Gasteiger partial charge in [0.1, 0.15) is 6.04 Å². The molecule has 1 aromatic carbocycles. The normalized spacial score (nSPS) is 21.0. The first-order valence-electron chi connectivity index (χ1n) is 7.15. The lowest BCUT2D eigenvalue weighted by molar-refractivity contribution is -0.134. The number of anilines is 1. The lowest BCUT2D eigenvalue weighted by Crippen LogP contribution is -2.52. The van der Waals surface area contributed by atoms with Crippen molar-refractivity contribution in [2.45, 2.75) is 31.7 Å². The molecule has 1 unspecified atom stereocenters. The Morgan fingerprint density at radius 1 is 1.24 bits per heavy atom. The number of carbonyl (C=O) groups is 3. The fraction of sp³-hybridized carbons (Fsp3) is 0.400. The highest BCUT2D eigenvalue weighted by Gasteiger charge is 2.29. The summed E-state index contributed by atoms with van der Waals surface area (Å²) in [6.07, 6.45) is 2.59. The molecule has 3 rings (SSSR count). The van der Waals surface area contributed by atoms with Crippen molar-refractivity contribution in [2.75, 3.05) is 11.9 Å². The Balaban J connectivity index is 1.77. The number of hydrogen-bond donors (Lipinski definition) is 3. The van der Waals surface area contributed by atoms with Gasteiger partial charge in [0.15, 0.2) is 0 Å². The molecule has 0 spiro atoms. The van der Waals surface area contributed by atoms with E-state index < -0.39 is 11.9 Å². The molecule has 3 N–H and O–H groups in total. The van der Waals surface area contributed by atoms with Crippen LogP contribution in [0.15, 0.2) is 18.2 Å². The number of para-hydroxylation sites is 1. The summed E-state index contributed by atoms with van der Waals surface area (Å²) in [5.41, 5.74) is 2.53. The molecule has 0 radical (unpaired) electrons. The topological polar surface area (TPSA) is 87.3 Å². The van der Waals surface area contributed by atoms with Crippen molar-refractivity contribution < 1.29 is 14.4 Å². The summed E-state index contributed by atoms with van der Waals surface area (Å²) in [6.45, 7) is 0.843. The number of amides is 3. The van der Waals surface area contributed by atoms with Gasteiger partial charge in [0.2, 0.25) is 11.8 Å². The molecule has 110 valence electrons. The van der Waals surface area contributed by atoms with Crippen molar-refractivity contribution in [3.05, 3.63) is 29.3 Å². The molecule has 1 fully saturated rings. The number of rotatable bonds is 2. The highest BCUT2D eigenvalue weighted by atomic mass is 16.2. The van der Waals surface area contributed by atoms with E-state index in [1.54, 1.807) is 6.07 Å². The van der Waals surface area contributed by atoms with Crippen LogP contribution in [-0.4, -0.2) is 30.3 Å². The van der Waals surface area contributed by atoms with Gasteiger partial charge >= 0.3 is 0 Å². The quantitative estimate of drug-likeness (QED) is 0.694.